The summed E-state index contributed by atoms with van der Waals surface area (Å²) in [6.07, 6.45) is 2.12. The summed E-state index contributed by atoms with van der Waals surface area (Å²) in [4.78, 5) is 13.9. The molecule has 3 heterocycles. The predicted molar refractivity (Wildman–Crippen MR) is 98.6 cm³/mol. The molecule has 0 aliphatic carbocycles. The van der Waals surface area contributed by atoms with Gasteiger partial charge in [0.25, 0.3) is 0 Å². The lowest BCUT2D eigenvalue weighted by Crippen LogP contribution is -2.24. The molecule has 1 aliphatic heterocycles. The van der Waals surface area contributed by atoms with Crippen molar-refractivity contribution in [3.05, 3.63) is 59.2 Å². The number of likely N-dealkylation sites (tertiary alicyclic amines) is 1. The van der Waals surface area contributed by atoms with E-state index in [0.717, 1.165) is 22.4 Å². The SMILES string of the molecule is Cc1cc2nc(COC3CN(Cc4ccncc4)CC3F)[nH]c2cc1C. The van der Waals surface area contributed by atoms with Gasteiger partial charge in [-0.2, -0.15) is 0 Å². The minimum absolute atomic E-state index is 0.293. The summed E-state index contributed by atoms with van der Waals surface area (Å²) in [6, 6.07) is 8.07. The zero-order valence-electron chi connectivity index (χ0n) is 15.1. The van der Waals surface area contributed by atoms with Crippen molar-refractivity contribution in [2.75, 3.05) is 13.1 Å². The molecule has 2 atom stereocenters. The summed E-state index contributed by atoms with van der Waals surface area (Å²) >= 11 is 0. The zero-order valence-corrected chi connectivity index (χ0v) is 15.1. The largest absolute Gasteiger partial charge is 0.366 e. The van der Waals surface area contributed by atoms with Crippen molar-refractivity contribution in [1.82, 2.24) is 19.9 Å². The van der Waals surface area contributed by atoms with Crippen LogP contribution in [0.25, 0.3) is 11.0 Å². The van der Waals surface area contributed by atoms with Gasteiger partial charge in [-0.15, -0.1) is 0 Å². The molecule has 136 valence electrons. The Morgan fingerprint density at radius 1 is 1.19 bits per heavy atom. The van der Waals surface area contributed by atoms with Crippen LogP contribution in [0.5, 0.6) is 0 Å². The highest BCUT2D eigenvalue weighted by Crippen LogP contribution is 2.21. The Bertz CT molecular complexity index is 856. The van der Waals surface area contributed by atoms with Gasteiger partial charge in [-0.3, -0.25) is 9.88 Å². The fraction of sp³-hybridized carbons (Fsp3) is 0.400. The average molecular weight is 354 g/mol. The molecule has 2 aromatic heterocycles. The molecule has 26 heavy (non-hydrogen) atoms. The lowest BCUT2D eigenvalue weighted by Gasteiger charge is -2.15. The van der Waals surface area contributed by atoms with E-state index in [1.54, 1.807) is 12.4 Å². The fourth-order valence-corrected chi connectivity index (χ4v) is 3.42. The summed E-state index contributed by atoms with van der Waals surface area (Å²) in [6.45, 7) is 6.14. The van der Waals surface area contributed by atoms with Gasteiger partial charge >= 0.3 is 0 Å². The van der Waals surface area contributed by atoms with Gasteiger partial charge in [-0.1, -0.05) is 0 Å². The molecule has 1 aliphatic rings. The number of H-pyrrole nitrogens is 1. The minimum Gasteiger partial charge on any atom is -0.366 e. The van der Waals surface area contributed by atoms with Crippen LogP contribution < -0.4 is 0 Å². The number of hydrogen-bond donors (Lipinski definition) is 1. The number of fused-ring (bicyclic) bond motifs is 1. The molecule has 2 unspecified atom stereocenters. The van der Waals surface area contributed by atoms with E-state index in [2.05, 4.69) is 45.8 Å². The van der Waals surface area contributed by atoms with Crippen molar-refractivity contribution < 1.29 is 9.13 Å². The van der Waals surface area contributed by atoms with Crippen LogP contribution >= 0.6 is 0 Å². The third-order valence-corrected chi connectivity index (χ3v) is 5.01. The number of pyridine rings is 1. The number of halogens is 1. The highest BCUT2D eigenvalue weighted by Gasteiger charge is 2.33. The van der Waals surface area contributed by atoms with Gasteiger partial charge in [0.2, 0.25) is 0 Å². The van der Waals surface area contributed by atoms with E-state index < -0.39 is 12.3 Å². The van der Waals surface area contributed by atoms with E-state index in [-0.39, 0.29) is 0 Å². The van der Waals surface area contributed by atoms with Crippen molar-refractivity contribution in [2.45, 2.75) is 39.3 Å². The molecule has 3 aromatic rings. The molecule has 1 N–H and O–H groups in total. The highest BCUT2D eigenvalue weighted by molar-refractivity contribution is 5.77. The Morgan fingerprint density at radius 2 is 1.96 bits per heavy atom. The van der Waals surface area contributed by atoms with Gasteiger partial charge < -0.3 is 9.72 Å². The molecular formula is C20H23FN4O. The molecule has 0 bridgehead atoms. The molecule has 0 amide bonds. The van der Waals surface area contributed by atoms with Crippen molar-refractivity contribution in [2.24, 2.45) is 0 Å². The van der Waals surface area contributed by atoms with Gasteiger partial charge in [0.1, 0.15) is 24.7 Å². The second-order valence-electron chi connectivity index (χ2n) is 7.05. The van der Waals surface area contributed by atoms with E-state index in [1.807, 2.05) is 12.1 Å². The van der Waals surface area contributed by atoms with E-state index in [1.165, 1.54) is 11.1 Å². The van der Waals surface area contributed by atoms with Crippen LogP contribution in [0.3, 0.4) is 0 Å². The van der Waals surface area contributed by atoms with E-state index in [0.29, 0.717) is 26.2 Å². The number of ether oxygens (including phenoxy) is 1. The average Bonchev–Trinajstić information content (AvgIpc) is 3.17. The Balaban J connectivity index is 1.37. The van der Waals surface area contributed by atoms with Crippen molar-refractivity contribution >= 4 is 11.0 Å². The lowest BCUT2D eigenvalue weighted by atomic mass is 10.1. The molecule has 0 saturated carbocycles. The second-order valence-corrected chi connectivity index (χ2v) is 7.05. The fourth-order valence-electron chi connectivity index (χ4n) is 3.42. The molecule has 0 spiro atoms. The summed E-state index contributed by atoms with van der Waals surface area (Å²) in [5, 5.41) is 0. The van der Waals surface area contributed by atoms with Crippen LogP contribution in [0, 0.1) is 13.8 Å². The lowest BCUT2D eigenvalue weighted by molar-refractivity contribution is 0.00863. The number of aromatic nitrogens is 3. The van der Waals surface area contributed by atoms with Crippen LogP contribution in [-0.4, -0.2) is 45.2 Å². The number of nitrogens with one attached hydrogen (secondary N) is 1. The van der Waals surface area contributed by atoms with Gasteiger partial charge in [0.05, 0.1) is 11.0 Å². The maximum absolute atomic E-state index is 14.3. The van der Waals surface area contributed by atoms with Crippen molar-refractivity contribution in [3.8, 4) is 0 Å². The van der Waals surface area contributed by atoms with Gasteiger partial charge in [-0.25, -0.2) is 9.37 Å². The molecule has 0 radical (unpaired) electrons. The Labute approximate surface area is 152 Å². The smallest absolute Gasteiger partial charge is 0.140 e. The molecule has 6 heteroatoms. The first-order valence-corrected chi connectivity index (χ1v) is 8.91. The van der Waals surface area contributed by atoms with Gasteiger partial charge in [0, 0.05) is 32.0 Å². The monoisotopic (exact) mass is 354 g/mol. The quantitative estimate of drug-likeness (QED) is 0.764. The number of nitrogens with zero attached hydrogens (tertiary/aromatic N) is 3. The second kappa shape index (κ2) is 7.13. The molecule has 1 aromatic carbocycles. The summed E-state index contributed by atoms with van der Waals surface area (Å²) in [5.74, 6) is 0.741. The number of rotatable bonds is 5. The summed E-state index contributed by atoms with van der Waals surface area (Å²) in [7, 11) is 0. The minimum atomic E-state index is -0.981. The number of benzene rings is 1. The first-order chi connectivity index (χ1) is 12.6. The van der Waals surface area contributed by atoms with Crippen LogP contribution in [-0.2, 0) is 17.9 Å². The van der Waals surface area contributed by atoms with Crippen LogP contribution in [0.15, 0.2) is 36.7 Å². The van der Waals surface area contributed by atoms with Gasteiger partial charge in [0.15, 0.2) is 0 Å². The number of aryl methyl sites for hydroxylation is 2. The third kappa shape index (κ3) is 3.61. The number of hydrogen-bond acceptors (Lipinski definition) is 4. The summed E-state index contributed by atoms with van der Waals surface area (Å²) in [5.41, 5.74) is 5.49. The Hall–Kier alpha value is -2.31. The molecular weight excluding hydrogens is 331 g/mol. The maximum Gasteiger partial charge on any atom is 0.140 e. The van der Waals surface area contributed by atoms with Gasteiger partial charge in [-0.05, 0) is 54.8 Å². The van der Waals surface area contributed by atoms with Crippen LogP contribution in [0.2, 0.25) is 0 Å². The number of aromatic amines is 1. The van der Waals surface area contributed by atoms with Crippen molar-refractivity contribution in [1.29, 1.82) is 0 Å². The van der Waals surface area contributed by atoms with Crippen LogP contribution in [0.4, 0.5) is 4.39 Å². The molecule has 1 saturated heterocycles. The predicted octanol–water partition coefficient (Wildman–Crippen LogP) is 3.31. The molecule has 5 nitrogen and oxygen atoms in total. The van der Waals surface area contributed by atoms with E-state index in [4.69, 9.17) is 4.74 Å². The number of imidazole rings is 1. The molecule has 4 rings (SSSR count). The molecule has 1 fully saturated rings. The number of alkyl halides is 1. The highest BCUT2D eigenvalue weighted by atomic mass is 19.1. The Kier molecular flexibility index (Phi) is 4.70. The van der Waals surface area contributed by atoms with E-state index >= 15 is 0 Å². The first kappa shape index (κ1) is 17.1. The Morgan fingerprint density at radius 3 is 2.77 bits per heavy atom. The van der Waals surface area contributed by atoms with Crippen molar-refractivity contribution in [3.63, 3.8) is 0 Å². The first-order valence-electron chi connectivity index (χ1n) is 8.91. The normalized spacial score (nSPS) is 20.9. The maximum atomic E-state index is 14.3. The standard InChI is InChI=1S/C20H23FN4O/c1-13-7-17-18(8-14(13)2)24-20(23-17)12-26-19-11-25(10-16(19)21)9-15-3-5-22-6-4-15/h3-8,16,19H,9-12H2,1-2H3,(H,23,24). The van der Waals surface area contributed by atoms with E-state index in [9.17, 15) is 4.39 Å². The van der Waals surface area contributed by atoms with Crippen LogP contribution in [0.1, 0.15) is 22.5 Å². The topological polar surface area (TPSA) is 54.0 Å². The summed E-state index contributed by atoms with van der Waals surface area (Å²) < 4.78 is 20.2. The third-order valence-electron chi connectivity index (χ3n) is 5.01. The zero-order chi connectivity index (χ0) is 18.1.